The van der Waals surface area contributed by atoms with Crippen molar-refractivity contribution >= 4 is 11.3 Å². The van der Waals surface area contributed by atoms with Gasteiger partial charge in [0.05, 0.1) is 0 Å². The van der Waals surface area contributed by atoms with Crippen LogP contribution in [-0.2, 0) is 13.0 Å². The number of rotatable bonds is 5. The molecule has 0 aliphatic heterocycles. The van der Waals surface area contributed by atoms with Crippen molar-refractivity contribution in [1.82, 2.24) is 19.7 Å². The van der Waals surface area contributed by atoms with Gasteiger partial charge >= 0.3 is 0 Å². The van der Waals surface area contributed by atoms with Crippen LogP contribution in [0.5, 0.6) is 0 Å². The molecule has 2 rings (SSSR count). The maximum atomic E-state index is 10.1. The zero-order valence-electron chi connectivity index (χ0n) is 10.00. The normalized spacial score (nSPS) is 12.9. The second-order valence-corrected chi connectivity index (χ2v) is 4.84. The van der Waals surface area contributed by atoms with Crippen LogP contribution in [0.2, 0.25) is 0 Å². The molecule has 1 atom stereocenters. The average Bonchev–Trinajstić information content (AvgIpc) is 2.89. The van der Waals surface area contributed by atoms with E-state index >= 15 is 0 Å². The third-order valence-electron chi connectivity index (χ3n) is 2.43. The number of thiazole rings is 1. The number of hydrogen-bond donors (Lipinski definition) is 1. The van der Waals surface area contributed by atoms with E-state index < -0.39 is 6.10 Å². The van der Waals surface area contributed by atoms with E-state index in [-0.39, 0.29) is 0 Å². The zero-order chi connectivity index (χ0) is 12.3. The Morgan fingerprint density at radius 1 is 1.53 bits per heavy atom. The van der Waals surface area contributed by atoms with E-state index in [4.69, 9.17) is 0 Å². The van der Waals surface area contributed by atoms with E-state index in [1.165, 1.54) is 17.7 Å². The summed E-state index contributed by atoms with van der Waals surface area (Å²) in [6.45, 7) is 4.84. The Labute approximate surface area is 104 Å². The molecule has 0 aliphatic rings. The number of aryl methyl sites for hydroxylation is 2. The summed E-state index contributed by atoms with van der Waals surface area (Å²) in [4.78, 5) is 8.45. The number of aromatic nitrogens is 4. The third kappa shape index (κ3) is 2.89. The van der Waals surface area contributed by atoms with Crippen LogP contribution >= 0.6 is 11.3 Å². The smallest absolute Gasteiger partial charge is 0.138 e. The Bertz CT molecular complexity index is 479. The molecule has 17 heavy (non-hydrogen) atoms. The van der Waals surface area contributed by atoms with Gasteiger partial charge < -0.3 is 5.11 Å². The fraction of sp³-hybridized carbons (Fsp3) is 0.545. The SMILES string of the molecule is CCCn1ncnc1CC(O)c1nc(C)cs1. The minimum absolute atomic E-state index is 0.465. The second-order valence-electron chi connectivity index (χ2n) is 3.95. The van der Waals surface area contributed by atoms with Gasteiger partial charge in [-0.1, -0.05) is 6.92 Å². The van der Waals surface area contributed by atoms with Crippen LogP contribution in [0.3, 0.4) is 0 Å². The van der Waals surface area contributed by atoms with Crippen molar-refractivity contribution < 1.29 is 5.11 Å². The van der Waals surface area contributed by atoms with Crippen LogP contribution in [0.25, 0.3) is 0 Å². The molecular weight excluding hydrogens is 236 g/mol. The fourth-order valence-electron chi connectivity index (χ4n) is 1.63. The Balaban J connectivity index is 2.07. The molecule has 0 aromatic carbocycles. The van der Waals surface area contributed by atoms with Gasteiger partial charge in [0.25, 0.3) is 0 Å². The summed E-state index contributed by atoms with van der Waals surface area (Å²) >= 11 is 1.48. The maximum Gasteiger partial charge on any atom is 0.138 e. The molecule has 0 radical (unpaired) electrons. The first kappa shape index (κ1) is 12.2. The predicted octanol–water partition coefficient (Wildman–Crippen LogP) is 1.73. The first-order valence-corrected chi connectivity index (χ1v) is 6.55. The summed E-state index contributed by atoms with van der Waals surface area (Å²) in [7, 11) is 0. The van der Waals surface area contributed by atoms with E-state index in [0.29, 0.717) is 6.42 Å². The topological polar surface area (TPSA) is 63.8 Å². The average molecular weight is 252 g/mol. The molecule has 0 fully saturated rings. The quantitative estimate of drug-likeness (QED) is 0.880. The molecule has 2 aromatic rings. The lowest BCUT2D eigenvalue weighted by molar-refractivity contribution is 0.173. The van der Waals surface area contributed by atoms with Crippen molar-refractivity contribution in [2.24, 2.45) is 0 Å². The highest BCUT2D eigenvalue weighted by atomic mass is 32.1. The summed E-state index contributed by atoms with van der Waals surface area (Å²) in [6, 6.07) is 0. The summed E-state index contributed by atoms with van der Waals surface area (Å²) in [5, 5.41) is 16.9. The minimum atomic E-state index is -0.589. The lowest BCUT2D eigenvalue weighted by Crippen LogP contribution is -2.10. The molecule has 0 bridgehead atoms. The Morgan fingerprint density at radius 3 is 3.00 bits per heavy atom. The molecule has 0 saturated carbocycles. The van der Waals surface area contributed by atoms with E-state index in [0.717, 1.165) is 29.5 Å². The molecule has 2 aromatic heterocycles. The summed E-state index contributed by atoms with van der Waals surface area (Å²) < 4.78 is 1.84. The van der Waals surface area contributed by atoms with Crippen molar-refractivity contribution in [3.05, 3.63) is 28.2 Å². The van der Waals surface area contributed by atoms with Gasteiger partial charge in [-0.05, 0) is 13.3 Å². The number of aliphatic hydroxyl groups excluding tert-OH is 1. The first-order valence-electron chi connectivity index (χ1n) is 5.67. The molecule has 0 amide bonds. The molecule has 0 spiro atoms. The van der Waals surface area contributed by atoms with Gasteiger partial charge in [-0.3, -0.25) is 4.68 Å². The Morgan fingerprint density at radius 2 is 2.35 bits per heavy atom. The third-order valence-corrected chi connectivity index (χ3v) is 3.49. The van der Waals surface area contributed by atoms with Crippen LogP contribution in [0.4, 0.5) is 0 Å². The van der Waals surface area contributed by atoms with E-state index in [1.54, 1.807) is 0 Å². The highest BCUT2D eigenvalue weighted by molar-refractivity contribution is 7.09. The Hall–Kier alpha value is -1.27. The Kier molecular flexibility index (Phi) is 3.86. The molecule has 92 valence electrons. The van der Waals surface area contributed by atoms with Crippen molar-refractivity contribution in [2.45, 2.75) is 39.3 Å². The molecule has 0 saturated heterocycles. The van der Waals surface area contributed by atoms with Crippen molar-refractivity contribution in [2.75, 3.05) is 0 Å². The number of nitrogens with zero attached hydrogens (tertiary/aromatic N) is 4. The molecule has 2 heterocycles. The van der Waals surface area contributed by atoms with Gasteiger partial charge in [-0.15, -0.1) is 11.3 Å². The van der Waals surface area contributed by atoms with E-state index in [1.807, 2.05) is 17.0 Å². The summed E-state index contributed by atoms with van der Waals surface area (Å²) in [5.74, 6) is 0.812. The second kappa shape index (κ2) is 5.37. The van der Waals surface area contributed by atoms with Gasteiger partial charge in [0.1, 0.15) is 23.3 Å². The van der Waals surface area contributed by atoms with Gasteiger partial charge in [0.2, 0.25) is 0 Å². The van der Waals surface area contributed by atoms with Crippen LogP contribution < -0.4 is 0 Å². The number of aliphatic hydroxyl groups is 1. The molecule has 6 heteroatoms. The maximum absolute atomic E-state index is 10.1. The summed E-state index contributed by atoms with van der Waals surface area (Å²) in [6.07, 6.45) is 2.41. The summed E-state index contributed by atoms with van der Waals surface area (Å²) in [5.41, 5.74) is 0.944. The van der Waals surface area contributed by atoms with Crippen LogP contribution in [-0.4, -0.2) is 24.9 Å². The predicted molar refractivity (Wildman–Crippen MR) is 65.8 cm³/mol. The molecular formula is C11H16N4OS. The highest BCUT2D eigenvalue weighted by Gasteiger charge is 2.15. The molecule has 1 unspecified atom stereocenters. The van der Waals surface area contributed by atoms with Gasteiger partial charge in [-0.25, -0.2) is 9.97 Å². The molecule has 0 aliphatic carbocycles. The van der Waals surface area contributed by atoms with Crippen molar-refractivity contribution in [3.63, 3.8) is 0 Å². The fourth-order valence-corrected chi connectivity index (χ4v) is 2.41. The van der Waals surface area contributed by atoms with E-state index in [2.05, 4.69) is 22.0 Å². The monoisotopic (exact) mass is 252 g/mol. The van der Waals surface area contributed by atoms with Crippen molar-refractivity contribution in [1.29, 1.82) is 0 Å². The minimum Gasteiger partial charge on any atom is -0.385 e. The molecule has 5 nitrogen and oxygen atoms in total. The van der Waals surface area contributed by atoms with Crippen molar-refractivity contribution in [3.8, 4) is 0 Å². The standard InChI is InChI=1S/C11H16N4OS/c1-3-4-15-10(12-7-13-15)5-9(16)11-14-8(2)6-17-11/h6-7,9,16H,3-5H2,1-2H3. The largest absolute Gasteiger partial charge is 0.385 e. The van der Waals surface area contributed by atoms with Gasteiger partial charge in [0.15, 0.2) is 0 Å². The van der Waals surface area contributed by atoms with Crippen LogP contribution in [0.1, 0.15) is 36.0 Å². The van der Waals surface area contributed by atoms with Crippen LogP contribution in [0.15, 0.2) is 11.7 Å². The van der Waals surface area contributed by atoms with E-state index in [9.17, 15) is 5.11 Å². The highest BCUT2D eigenvalue weighted by Crippen LogP contribution is 2.20. The zero-order valence-corrected chi connectivity index (χ0v) is 10.8. The number of hydrogen-bond acceptors (Lipinski definition) is 5. The lowest BCUT2D eigenvalue weighted by Gasteiger charge is -2.08. The van der Waals surface area contributed by atoms with Gasteiger partial charge in [0, 0.05) is 24.0 Å². The molecule has 1 N–H and O–H groups in total. The van der Waals surface area contributed by atoms with Crippen LogP contribution in [0, 0.1) is 6.92 Å². The van der Waals surface area contributed by atoms with Gasteiger partial charge in [-0.2, -0.15) is 5.10 Å². The lowest BCUT2D eigenvalue weighted by atomic mass is 10.2. The first-order chi connectivity index (χ1) is 8.20.